The lowest BCUT2D eigenvalue weighted by atomic mass is 10.1. The summed E-state index contributed by atoms with van der Waals surface area (Å²) >= 11 is 0. The van der Waals surface area contributed by atoms with Crippen molar-refractivity contribution in [1.82, 2.24) is 5.32 Å². The summed E-state index contributed by atoms with van der Waals surface area (Å²) in [6, 6.07) is 6.17. The van der Waals surface area contributed by atoms with E-state index in [4.69, 9.17) is 9.47 Å². The Bertz CT molecular complexity index is 325. The van der Waals surface area contributed by atoms with Crippen LogP contribution in [0.5, 0.6) is 11.5 Å². The highest BCUT2D eigenvalue weighted by Crippen LogP contribution is 2.30. The molecule has 0 atom stereocenters. The molecule has 0 saturated heterocycles. The summed E-state index contributed by atoms with van der Waals surface area (Å²) in [6.45, 7) is 5.46. The Morgan fingerprint density at radius 3 is 2.80 bits per heavy atom. The monoisotopic (exact) mass is 207 g/mol. The molecule has 0 unspecified atom stereocenters. The summed E-state index contributed by atoms with van der Waals surface area (Å²) < 4.78 is 11.0. The van der Waals surface area contributed by atoms with Crippen molar-refractivity contribution in [2.45, 2.75) is 13.3 Å². The highest BCUT2D eigenvalue weighted by molar-refractivity contribution is 5.43. The number of nitrogens with one attached hydrogen (secondary N) is 1. The minimum absolute atomic E-state index is 0.656. The normalized spacial score (nSPS) is 13.9. The molecule has 0 saturated carbocycles. The number of hydrogen-bond donors (Lipinski definition) is 1. The quantitative estimate of drug-likeness (QED) is 0.761. The molecule has 2 rings (SSSR count). The van der Waals surface area contributed by atoms with Gasteiger partial charge in [-0.15, -0.1) is 0 Å². The molecule has 1 heterocycles. The first kappa shape index (κ1) is 10.3. The summed E-state index contributed by atoms with van der Waals surface area (Å²) in [5.41, 5.74) is 1.29. The summed E-state index contributed by atoms with van der Waals surface area (Å²) in [6.07, 6.45) is 1.03. The number of rotatable bonds is 4. The molecule has 3 nitrogen and oxygen atoms in total. The van der Waals surface area contributed by atoms with Crippen molar-refractivity contribution < 1.29 is 9.47 Å². The third-order valence-corrected chi connectivity index (χ3v) is 2.45. The first-order valence-electron chi connectivity index (χ1n) is 5.49. The summed E-state index contributed by atoms with van der Waals surface area (Å²) in [7, 11) is 0. The van der Waals surface area contributed by atoms with E-state index in [0.717, 1.165) is 31.0 Å². The predicted octanol–water partition coefficient (Wildman–Crippen LogP) is 1.61. The first-order valence-corrected chi connectivity index (χ1v) is 5.49. The van der Waals surface area contributed by atoms with Gasteiger partial charge in [-0.3, -0.25) is 0 Å². The second-order valence-electron chi connectivity index (χ2n) is 3.58. The lowest BCUT2D eigenvalue weighted by Crippen LogP contribution is -2.17. The Morgan fingerprint density at radius 2 is 2.00 bits per heavy atom. The van der Waals surface area contributed by atoms with Crippen molar-refractivity contribution >= 4 is 0 Å². The number of fused-ring (bicyclic) bond motifs is 1. The van der Waals surface area contributed by atoms with Gasteiger partial charge in [-0.05, 0) is 37.2 Å². The molecule has 1 N–H and O–H groups in total. The zero-order valence-electron chi connectivity index (χ0n) is 9.08. The van der Waals surface area contributed by atoms with Crippen LogP contribution in [0.2, 0.25) is 0 Å². The van der Waals surface area contributed by atoms with Crippen LogP contribution >= 0.6 is 0 Å². The van der Waals surface area contributed by atoms with Crippen LogP contribution in [-0.4, -0.2) is 26.3 Å². The van der Waals surface area contributed by atoms with E-state index in [1.807, 2.05) is 6.07 Å². The van der Waals surface area contributed by atoms with Gasteiger partial charge in [0, 0.05) is 0 Å². The molecule has 0 radical (unpaired) electrons. The van der Waals surface area contributed by atoms with Gasteiger partial charge >= 0.3 is 0 Å². The topological polar surface area (TPSA) is 30.5 Å². The predicted molar refractivity (Wildman–Crippen MR) is 59.7 cm³/mol. The van der Waals surface area contributed by atoms with E-state index in [0.29, 0.717) is 13.2 Å². The van der Waals surface area contributed by atoms with Gasteiger partial charge in [0.15, 0.2) is 11.5 Å². The van der Waals surface area contributed by atoms with E-state index in [2.05, 4.69) is 24.4 Å². The van der Waals surface area contributed by atoms with E-state index in [9.17, 15) is 0 Å². The van der Waals surface area contributed by atoms with Gasteiger partial charge in [-0.25, -0.2) is 0 Å². The van der Waals surface area contributed by atoms with Gasteiger partial charge in [-0.2, -0.15) is 0 Å². The van der Waals surface area contributed by atoms with Crippen LogP contribution in [0.25, 0.3) is 0 Å². The zero-order valence-corrected chi connectivity index (χ0v) is 9.08. The summed E-state index contributed by atoms with van der Waals surface area (Å²) in [4.78, 5) is 0. The smallest absolute Gasteiger partial charge is 0.161 e. The standard InChI is InChI=1S/C12H17NO2/c1-2-13-6-5-10-3-4-11-12(9-10)15-8-7-14-11/h3-4,9,13H,2,5-8H2,1H3. The molecule has 0 aromatic heterocycles. The van der Waals surface area contributed by atoms with Crippen LogP contribution in [0, 0.1) is 0 Å². The molecule has 0 amide bonds. The van der Waals surface area contributed by atoms with Crippen LogP contribution < -0.4 is 14.8 Å². The fourth-order valence-corrected chi connectivity index (χ4v) is 1.65. The molecule has 15 heavy (non-hydrogen) atoms. The first-order chi connectivity index (χ1) is 7.40. The highest BCUT2D eigenvalue weighted by Gasteiger charge is 2.11. The van der Waals surface area contributed by atoms with E-state index in [1.165, 1.54) is 5.56 Å². The molecule has 0 fully saturated rings. The molecule has 82 valence electrons. The molecule has 1 aromatic carbocycles. The van der Waals surface area contributed by atoms with Gasteiger partial charge in [0.2, 0.25) is 0 Å². The molecule has 1 aliphatic heterocycles. The Labute approximate surface area is 90.4 Å². The van der Waals surface area contributed by atoms with Gasteiger partial charge in [0.1, 0.15) is 13.2 Å². The summed E-state index contributed by atoms with van der Waals surface area (Å²) in [5.74, 6) is 1.75. The van der Waals surface area contributed by atoms with Crippen LogP contribution in [0.3, 0.4) is 0 Å². The van der Waals surface area contributed by atoms with E-state index >= 15 is 0 Å². The molecular formula is C12H17NO2. The van der Waals surface area contributed by atoms with Crippen molar-refractivity contribution in [3.05, 3.63) is 23.8 Å². The van der Waals surface area contributed by atoms with Crippen molar-refractivity contribution in [2.24, 2.45) is 0 Å². The SMILES string of the molecule is CCNCCc1ccc2c(c1)OCCO2. The van der Waals surface area contributed by atoms with Gasteiger partial charge in [0.05, 0.1) is 0 Å². The van der Waals surface area contributed by atoms with E-state index < -0.39 is 0 Å². The van der Waals surface area contributed by atoms with Crippen LogP contribution in [0.4, 0.5) is 0 Å². The third-order valence-electron chi connectivity index (χ3n) is 2.45. The van der Waals surface area contributed by atoms with Crippen LogP contribution in [-0.2, 0) is 6.42 Å². The average Bonchev–Trinajstić information content (AvgIpc) is 2.29. The number of ether oxygens (including phenoxy) is 2. The minimum Gasteiger partial charge on any atom is -0.486 e. The molecule has 0 bridgehead atoms. The third kappa shape index (κ3) is 2.63. The molecule has 0 spiro atoms. The number of benzene rings is 1. The second-order valence-corrected chi connectivity index (χ2v) is 3.58. The largest absolute Gasteiger partial charge is 0.486 e. The van der Waals surface area contributed by atoms with Crippen molar-refractivity contribution in [3.8, 4) is 11.5 Å². The Hall–Kier alpha value is -1.22. The van der Waals surface area contributed by atoms with Gasteiger partial charge in [-0.1, -0.05) is 13.0 Å². The van der Waals surface area contributed by atoms with E-state index in [1.54, 1.807) is 0 Å². The lowest BCUT2D eigenvalue weighted by molar-refractivity contribution is 0.171. The molecule has 1 aliphatic rings. The summed E-state index contributed by atoms with van der Waals surface area (Å²) in [5, 5.41) is 3.30. The number of likely N-dealkylation sites (N-methyl/N-ethyl adjacent to an activating group) is 1. The van der Waals surface area contributed by atoms with Gasteiger partial charge in [0.25, 0.3) is 0 Å². The van der Waals surface area contributed by atoms with Crippen molar-refractivity contribution in [3.63, 3.8) is 0 Å². The molecular weight excluding hydrogens is 190 g/mol. The maximum absolute atomic E-state index is 5.52. The Kier molecular flexibility index (Phi) is 3.45. The Balaban J connectivity index is 2.00. The van der Waals surface area contributed by atoms with E-state index in [-0.39, 0.29) is 0 Å². The van der Waals surface area contributed by atoms with Crippen LogP contribution in [0.1, 0.15) is 12.5 Å². The molecule has 3 heteroatoms. The lowest BCUT2D eigenvalue weighted by Gasteiger charge is -2.18. The second kappa shape index (κ2) is 5.03. The average molecular weight is 207 g/mol. The zero-order chi connectivity index (χ0) is 10.5. The fraction of sp³-hybridized carbons (Fsp3) is 0.500. The van der Waals surface area contributed by atoms with Crippen molar-refractivity contribution in [2.75, 3.05) is 26.3 Å². The maximum Gasteiger partial charge on any atom is 0.161 e. The minimum atomic E-state index is 0.656. The Morgan fingerprint density at radius 1 is 1.20 bits per heavy atom. The molecule has 1 aromatic rings. The molecule has 0 aliphatic carbocycles. The van der Waals surface area contributed by atoms with Gasteiger partial charge < -0.3 is 14.8 Å². The van der Waals surface area contributed by atoms with Crippen LogP contribution in [0.15, 0.2) is 18.2 Å². The fourth-order valence-electron chi connectivity index (χ4n) is 1.65. The highest BCUT2D eigenvalue weighted by atomic mass is 16.6. The van der Waals surface area contributed by atoms with Crippen molar-refractivity contribution in [1.29, 1.82) is 0 Å². The number of hydrogen-bond acceptors (Lipinski definition) is 3. The maximum atomic E-state index is 5.52.